The van der Waals surface area contributed by atoms with Gasteiger partial charge in [-0.25, -0.2) is 0 Å². The van der Waals surface area contributed by atoms with Gasteiger partial charge in [0, 0.05) is 8.07 Å². The third-order valence-corrected chi connectivity index (χ3v) is 7.70. The molecule has 2 aliphatic rings. The fourth-order valence-electron chi connectivity index (χ4n) is 3.60. The second-order valence-corrected chi connectivity index (χ2v) is 15.0. The number of hydrogen-bond donors (Lipinski definition) is 0. The van der Waals surface area contributed by atoms with Gasteiger partial charge in [0.1, 0.15) is 0 Å². The van der Waals surface area contributed by atoms with Crippen LogP contribution in [0.4, 0.5) is 5.69 Å². The molecular formula is C27H47NSiZr+2. The summed E-state index contributed by atoms with van der Waals surface area (Å²) in [4.78, 5) is 0. The van der Waals surface area contributed by atoms with Gasteiger partial charge < -0.3 is 11.4 Å². The fraction of sp³-hybridized carbons (Fsp3) is 0.704. The number of unbranched alkanes of at least 4 members (excludes halogenated alkanes) is 3. The van der Waals surface area contributed by atoms with E-state index in [0.717, 1.165) is 12.1 Å². The molecule has 2 saturated carbocycles. The molecule has 0 N–H and O–H groups in total. The van der Waals surface area contributed by atoms with Crippen LogP contribution in [0.25, 0.3) is 5.32 Å². The first-order valence-corrected chi connectivity index (χ1v) is 15.9. The predicted molar refractivity (Wildman–Crippen MR) is 135 cm³/mol. The summed E-state index contributed by atoms with van der Waals surface area (Å²) in [6.07, 6.45) is 25.6. The maximum absolute atomic E-state index is 4.89. The Balaban J connectivity index is 0.000000617. The van der Waals surface area contributed by atoms with Crippen molar-refractivity contribution in [3.05, 3.63) is 47.8 Å². The van der Waals surface area contributed by atoms with E-state index < -0.39 is 8.07 Å². The summed E-state index contributed by atoms with van der Waals surface area (Å²) < 4.78 is 0. The van der Waals surface area contributed by atoms with Crippen molar-refractivity contribution in [1.29, 1.82) is 0 Å². The van der Waals surface area contributed by atoms with Gasteiger partial charge in [-0.2, -0.15) is 6.42 Å². The molecule has 0 saturated heterocycles. The second-order valence-electron chi connectivity index (χ2n) is 9.64. The topological polar surface area (TPSA) is 14.1 Å². The van der Waals surface area contributed by atoms with Gasteiger partial charge in [0.2, 0.25) is 0 Å². The minimum atomic E-state index is -1.32. The van der Waals surface area contributed by atoms with Crippen LogP contribution in [0.5, 0.6) is 0 Å². The van der Waals surface area contributed by atoms with Crippen molar-refractivity contribution in [1.82, 2.24) is 0 Å². The molecule has 30 heavy (non-hydrogen) atoms. The number of nitrogens with zero attached hydrogens (tertiary/aromatic N) is 1. The summed E-state index contributed by atoms with van der Waals surface area (Å²) in [7, 11) is -1.32. The normalized spacial score (nSPS) is 16.7. The van der Waals surface area contributed by atoms with Gasteiger partial charge in [0.05, 0.1) is 0 Å². The van der Waals surface area contributed by atoms with E-state index in [1.165, 1.54) is 83.5 Å². The molecule has 2 fully saturated rings. The van der Waals surface area contributed by atoms with Gasteiger partial charge in [-0.15, -0.1) is 11.4 Å². The van der Waals surface area contributed by atoms with Crippen molar-refractivity contribution < 1.29 is 26.2 Å². The first-order chi connectivity index (χ1) is 14.0. The quantitative estimate of drug-likeness (QED) is 0.190. The largest absolute Gasteiger partial charge is 4.00 e. The Bertz CT molecular complexity index is 476. The average molecular weight is 505 g/mol. The van der Waals surface area contributed by atoms with Gasteiger partial charge >= 0.3 is 26.2 Å². The van der Waals surface area contributed by atoms with E-state index in [2.05, 4.69) is 63.0 Å². The van der Waals surface area contributed by atoms with Crippen LogP contribution in [-0.4, -0.2) is 13.7 Å². The molecule has 0 spiro atoms. The monoisotopic (exact) mass is 503 g/mol. The van der Waals surface area contributed by atoms with E-state index in [1.54, 1.807) is 0 Å². The number of para-hydroxylation sites is 1. The molecule has 166 valence electrons. The van der Waals surface area contributed by atoms with E-state index in [-0.39, 0.29) is 26.2 Å². The Labute approximate surface area is 209 Å². The Kier molecular flexibility index (Phi) is 19.4. The second kappa shape index (κ2) is 19.5. The van der Waals surface area contributed by atoms with Crippen LogP contribution in [-0.2, 0) is 26.2 Å². The fourth-order valence-corrected chi connectivity index (χ4v) is 4.75. The van der Waals surface area contributed by atoms with E-state index in [1.807, 2.05) is 6.07 Å². The number of benzene rings is 1. The zero-order valence-corrected chi connectivity index (χ0v) is 23.8. The average Bonchev–Trinajstić information content (AvgIpc) is 3.46. The molecule has 3 rings (SSSR count). The molecule has 0 bridgehead atoms. The molecule has 1 aromatic rings. The van der Waals surface area contributed by atoms with Gasteiger partial charge in [0.25, 0.3) is 0 Å². The maximum Gasteiger partial charge on any atom is 4.00 e. The van der Waals surface area contributed by atoms with Crippen molar-refractivity contribution in [2.75, 3.05) is 0 Å². The Morgan fingerprint density at radius 2 is 1.30 bits per heavy atom. The van der Waals surface area contributed by atoms with E-state index in [0.29, 0.717) is 5.67 Å². The summed E-state index contributed by atoms with van der Waals surface area (Å²) in [6, 6.07) is 10.3. The summed E-state index contributed by atoms with van der Waals surface area (Å²) in [5.41, 5.74) is 1.41. The smallest absolute Gasteiger partial charge is 0.683 e. The molecule has 3 heteroatoms. The molecule has 1 nitrogen and oxygen atoms in total. The minimum Gasteiger partial charge on any atom is -0.683 e. The predicted octanol–water partition coefficient (Wildman–Crippen LogP) is 9.78. The molecule has 1 atom stereocenters. The minimum absolute atomic E-state index is 0. The van der Waals surface area contributed by atoms with Crippen LogP contribution in [0.2, 0.25) is 19.6 Å². The van der Waals surface area contributed by atoms with Crippen molar-refractivity contribution in [2.45, 2.75) is 122 Å². The molecule has 2 aliphatic carbocycles. The third-order valence-electron chi connectivity index (χ3n) is 5.63. The number of hydrogen-bond acceptors (Lipinski definition) is 0. The number of allylic oxidation sites excluding steroid dienone is 1. The van der Waals surface area contributed by atoms with Crippen LogP contribution in [0, 0.1) is 6.08 Å². The van der Waals surface area contributed by atoms with Crippen LogP contribution in [0.1, 0.15) is 96.8 Å². The van der Waals surface area contributed by atoms with E-state index in [9.17, 15) is 0 Å². The SMILES string of the molecule is C1CCCC1.C1CCCC1.CCCCC[C-]=CC([N-]c1ccccc1)[Si](C)(C)C.[Zr+4]. The summed E-state index contributed by atoms with van der Waals surface area (Å²) in [5, 5.41) is 4.89. The van der Waals surface area contributed by atoms with Gasteiger partial charge in [-0.05, 0) is 0 Å². The Morgan fingerprint density at radius 1 is 0.833 bits per heavy atom. The Morgan fingerprint density at radius 3 is 1.70 bits per heavy atom. The standard InChI is InChI=1S/C17H27NSi.2C5H10.Zr/c1-5-6-7-8-12-15-17(19(2,3)4)18-16-13-10-9-11-14-16;2*1-2-4-5-3-1;/h9-11,13-15,17H,5-8H2,1-4H3;2*1-5H2;/q-2;;;+4. The first-order valence-electron chi connectivity index (χ1n) is 12.4. The summed E-state index contributed by atoms with van der Waals surface area (Å²) in [5.74, 6) is 0. The van der Waals surface area contributed by atoms with Crippen molar-refractivity contribution in [3.8, 4) is 0 Å². The van der Waals surface area contributed by atoms with Crippen LogP contribution in [0.3, 0.4) is 0 Å². The number of rotatable bonds is 8. The molecule has 0 aromatic heterocycles. The molecule has 0 amide bonds. The molecule has 1 aromatic carbocycles. The third kappa shape index (κ3) is 16.5. The summed E-state index contributed by atoms with van der Waals surface area (Å²) >= 11 is 0. The van der Waals surface area contributed by atoms with Crippen molar-refractivity contribution >= 4 is 13.8 Å². The Hall–Kier alpha value is -0.140. The van der Waals surface area contributed by atoms with Crippen LogP contribution < -0.4 is 0 Å². The van der Waals surface area contributed by atoms with Gasteiger partial charge in [0.15, 0.2) is 0 Å². The molecule has 1 unspecified atom stereocenters. The van der Waals surface area contributed by atoms with Crippen LogP contribution >= 0.6 is 0 Å². The maximum atomic E-state index is 4.89. The van der Waals surface area contributed by atoms with E-state index >= 15 is 0 Å². The summed E-state index contributed by atoms with van der Waals surface area (Å²) in [6.45, 7) is 9.34. The van der Waals surface area contributed by atoms with E-state index in [4.69, 9.17) is 5.32 Å². The van der Waals surface area contributed by atoms with Gasteiger partial charge in [-0.3, -0.25) is 6.08 Å². The van der Waals surface area contributed by atoms with Gasteiger partial charge in [-0.1, -0.05) is 140 Å². The zero-order valence-electron chi connectivity index (χ0n) is 20.4. The molecule has 0 radical (unpaired) electrons. The van der Waals surface area contributed by atoms with Crippen molar-refractivity contribution in [3.63, 3.8) is 0 Å². The molecule has 0 aliphatic heterocycles. The molecular weight excluding hydrogens is 458 g/mol. The molecule has 0 heterocycles. The first kappa shape index (κ1) is 29.9. The van der Waals surface area contributed by atoms with Crippen molar-refractivity contribution in [2.24, 2.45) is 0 Å². The van der Waals surface area contributed by atoms with Crippen LogP contribution in [0.15, 0.2) is 36.4 Å². The zero-order chi connectivity index (χ0) is 21.2.